The topological polar surface area (TPSA) is 38.7 Å². The molecule has 1 N–H and O–H groups in total. The van der Waals surface area contributed by atoms with E-state index in [2.05, 4.69) is 0 Å². The third kappa shape index (κ3) is 5.50. The van der Waals surface area contributed by atoms with Crippen LogP contribution >= 0.6 is 0 Å². The fourth-order valence-corrected chi connectivity index (χ4v) is 1.88. The first kappa shape index (κ1) is 12.9. The van der Waals surface area contributed by atoms with Gasteiger partial charge in [-0.1, -0.05) is 12.8 Å². The molecule has 0 aromatic rings. The van der Waals surface area contributed by atoms with E-state index in [1.165, 1.54) is 25.7 Å². The van der Waals surface area contributed by atoms with E-state index in [4.69, 9.17) is 14.6 Å². The summed E-state index contributed by atoms with van der Waals surface area (Å²) in [5.74, 6) is 0.766. The summed E-state index contributed by atoms with van der Waals surface area (Å²) in [4.78, 5) is 0. The van der Waals surface area contributed by atoms with Crippen LogP contribution in [0.3, 0.4) is 0 Å². The van der Waals surface area contributed by atoms with E-state index >= 15 is 0 Å². The maximum atomic E-state index is 8.78. The van der Waals surface area contributed by atoms with Gasteiger partial charge in [-0.15, -0.1) is 0 Å². The zero-order valence-electron chi connectivity index (χ0n) is 9.95. The van der Waals surface area contributed by atoms with Crippen LogP contribution in [0.5, 0.6) is 0 Å². The lowest BCUT2D eigenvalue weighted by atomic mass is 10.1. The van der Waals surface area contributed by atoms with Crippen molar-refractivity contribution in [3.63, 3.8) is 0 Å². The molecule has 3 nitrogen and oxygen atoms in total. The molecule has 0 aromatic heterocycles. The second-order valence-corrected chi connectivity index (χ2v) is 4.62. The Kier molecular flexibility index (Phi) is 6.22. The number of hydrogen-bond acceptors (Lipinski definition) is 3. The van der Waals surface area contributed by atoms with Crippen LogP contribution in [0.1, 0.15) is 39.5 Å². The van der Waals surface area contributed by atoms with Gasteiger partial charge in [-0.3, -0.25) is 0 Å². The van der Waals surface area contributed by atoms with E-state index in [9.17, 15) is 0 Å². The SMILES string of the molecule is CC(CO)OCC(C)OCC1CCCC1. The number of rotatable bonds is 7. The molecule has 1 aliphatic rings. The Morgan fingerprint density at radius 3 is 2.40 bits per heavy atom. The van der Waals surface area contributed by atoms with E-state index in [1.807, 2.05) is 13.8 Å². The van der Waals surface area contributed by atoms with Crippen LogP contribution < -0.4 is 0 Å². The van der Waals surface area contributed by atoms with Gasteiger partial charge < -0.3 is 14.6 Å². The van der Waals surface area contributed by atoms with Crippen molar-refractivity contribution in [1.29, 1.82) is 0 Å². The number of hydrogen-bond donors (Lipinski definition) is 1. The fourth-order valence-electron chi connectivity index (χ4n) is 1.88. The Labute approximate surface area is 92.8 Å². The molecular formula is C12H24O3. The lowest BCUT2D eigenvalue weighted by Gasteiger charge is -2.18. The summed E-state index contributed by atoms with van der Waals surface area (Å²) in [6.45, 7) is 5.42. The molecule has 2 atom stereocenters. The Bertz CT molecular complexity index is 155. The van der Waals surface area contributed by atoms with Gasteiger partial charge in [0.25, 0.3) is 0 Å². The molecule has 0 bridgehead atoms. The summed E-state index contributed by atoms with van der Waals surface area (Å²) in [5, 5.41) is 8.78. The van der Waals surface area contributed by atoms with Gasteiger partial charge in [-0.25, -0.2) is 0 Å². The minimum atomic E-state index is -0.0810. The van der Waals surface area contributed by atoms with Crippen LogP contribution in [0.2, 0.25) is 0 Å². The minimum Gasteiger partial charge on any atom is -0.394 e. The first-order chi connectivity index (χ1) is 7.22. The summed E-state index contributed by atoms with van der Waals surface area (Å²) in [6.07, 6.45) is 5.42. The first-order valence-corrected chi connectivity index (χ1v) is 6.06. The summed E-state index contributed by atoms with van der Waals surface area (Å²) in [5.41, 5.74) is 0. The largest absolute Gasteiger partial charge is 0.394 e. The van der Waals surface area contributed by atoms with E-state index in [-0.39, 0.29) is 18.8 Å². The second kappa shape index (κ2) is 7.20. The maximum absolute atomic E-state index is 8.78. The van der Waals surface area contributed by atoms with Gasteiger partial charge in [0.2, 0.25) is 0 Å². The molecule has 0 aliphatic heterocycles. The Morgan fingerprint density at radius 1 is 1.13 bits per heavy atom. The molecule has 0 radical (unpaired) electrons. The minimum absolute atomic E-state index is 0.0787. The molecule has 0 heterocycles. The fraction of sp³-hybridized carbons (Fsp3) is 1.00. The first-order valence-electron chi connectivity index (χ1n) is 6.06. The van der Waals surface area contributed by atoms with Crippen molar-refractivity contribution < 1.29 is 14.6 Å². The quantitative estimate of drug-likeness (QED) is 0.707. The van der Waals surface area contributed by atoms with E-state index in [0.29, 0.717) is 6.61 Å². The van der Waals surface area contributed by atoms with Gasteiger partial charge in [0.15, 0.2) is 0 Å². The molecule has 0 saturated heterocycles. The van der Waals surface area contributed by atoms with Crippen molar-refractivity contribution in [3.05, 3.63) is 0 Å². The van der Waals surface area contributed by atoms with Crippen LogP contribution in [-0.4, -0.2) is 37.1 Å². The summed E-state index contributed by atoms with van der Waals surface area (Å²) >= 11 is 0. The number of aliphatic hydroxyl groups excluding tert-OH is 1. The Hall–Kier alpha value is -0.120. The molecule has 3 heteroatoms. The standard InChI is InChI=1S/C12H24O3/c1-10(7-13)14-8-11(2)15-9-12-5-3-4-6-12/h10-13H,3-9H2,1-2H3. The normalized spacial score (nSPS) is 21.8. The molecule has 0 aromatic carbocycles. The second-order valence-electron chi connectivity index (χ2n) is 4.62. The zero-order chi connectivity index (χ0) is 11.1. The van der Waals surface area contributed by atoms with Gasteiger partial charge in [0.1, 0.15) is 0 Å². The van der Waals surface area contributed by atoms with Gasteiger partial charge in [0.05, 0.1) is 25.4 Å². The van der Waals surface area contributed by atoms with Crippen LogP contribution in [0.25, 0.3) is 0 Å². The van der Waals surface area contributed by atoms with Crippen molar-refractivity contribution in [2.45, 2.75) is 51.7 Å². The van der Waals surface area contributed by atoms with Crippen LogP contribution in [0.4, 0.5) is 0 Å². The Morgan fingerprint density at radius 2 is 1.80 bits per heavy atom. The van der Waals surface area contributed by atoms with Gasteiger partial charge in [-0.05, 0) is 32.6 Å². The summed E-state index contributed by atoms with van der Waals surface area (Å²) in [7, 11) is 0. The molecule has 1 rings (SSSR count). The number of ether oxygens (including phenoxy) is 2. The van der Waals surface area contributed by atoms with Crippen LogP contribution in [0.15, 0.2) is 0 Å². The van der Waals surface area contributed by atoms with Gasteiger partial charge >= 0.3 is 0 Å². The highest BCUT2D eigenvalue weighted by atomic mass is 16.5. The molecule has 1 aliphatic carbocycles. The molecular weight excluding hydrogens is 192 g/mol. The Balaban J connectivity index is 1.99. The van der Waals surface area contributed by atoms with E-state index in [1.54, 1.807) is 0 Å². The van der Waals surface area contributed by atoms with Gasteiger partial charge in [0, 0.05) is 6.61 Å². The van der Waals surface area contributed by atoms with E-state index in [0.717, 1.165) is 12.5 Å². The van der Waals surface area contributed by atoms with Crippen LogP contribution in [-0.2, 0) is 9.47 Å². The van der Waals surface area contributed by atoms with Crippen LogP contribution in [0, 0.1) is 5.92 Å². The predicted octanol–water partition coefficient (Wildman–Crippen LogP) is 1.98. The molecule has 90 valence electrons. The third-order valence-corrected chi connectivity index (χ3v) is 2.96. The highest BCUT2D eigenvalue weighted by Crippen LogP contribution is 2.24. The van der Waals surface area contributed by atoms with Crippen molar-refractivity contribution in [2.24, 2.45) is 5.92 Å². The molecule has 2 unspecified atom stereocenters. The molecule has 0 spiro atoms. The van der Waals surface area contributed by atoms with E-state index < -0.39 is 0 Å². The van der Waals surface area contributed by atoms with Crippen molar-refractivity contribution in [2.75, 3.05) is 19.8 Å². The molecule has 1 saturated carbocycles. The summed E-state index contributed by atoms with van der Waals surface area (Å²) in [6, 6.07) is 0. The lowest BCUT2D eigenvalue weighted by molar-refractivity contribution is -0.0524. The highest BCUT2D eigenvalue weighted by molar-refractivity contribution is 4.67. The zero-order valence-corrected chi connectivity index (χ0v) is 9.95. The average molecular weight is 216 g/mol. The van der Waals surface area contributed by atoms with Crippen molar-refractivity contribution in [3.8, 4) is 0 Å². The van der Waals surface area contributed by atoms with Crippen molar-refractivity contribution in [1.82, 2.24) is 0 Å². The predicted molar refractivity (Wildman–Crippen MR) is 59.9 cm³/mol. The monoisotopic (exact) mass is 216 g/mol. The third-order valence-electron chi connectivity index (χ3n) is 2.96. The maximum Gasteiger partial charge on any atom is 0.0780 e. The van der Waals surface area contributed by atoms with Gasteiger partial charge in [-0.2, -0.15) is 0 Å². The summed E-state index contributed by atoms with van der Waals surface area (Å²) < 4.78 is 11.1. The molecule has 0 amide bonds. The lowest BCUT2D eigenvalue weighted by Crippen LogP contribution is -2.23. The number of aliphatic hydroxyl groups is 1. The average Bonchev–Trinajstić information content (AvgIpc) is 2.75. The molecule has 1 fully saturated rings. The van der Waals surface area contributed by atoms with Crippen molar-refractivity contribution >= 4 is 0 Å². The highest BCUT2D eigenvalue weighted by Gasteiger charge is 2.16. The molecule has 15 heavy (non-hydrogen) atoms. The smallest absolute Gasteiger partial charge is 0.0780 e.